The van der Waals surface area contributed by atoms with Crippen LogP contribution in [-0.2, 0) is 5.88 Å². The number of hydrogen-bond donors (Lipinski definition) is 0. The Hall–Kier alpha value is -0.800. The summed E-state index contributed by atoms with van der Waals surface area (Å²) in [5, 5.41) is 2.02. The van der Waals surface area contributed by atoms with Crippen LogP contribution in [0.25, 0.3) is 10.8 Å². The zero-order valence-corrected chi connectivity index (χ0v) is 8.65. The topological polar surface area (TPSA) is 26.0 Å². The summed E-state index contributed by atoms with van der Waals surface area (Å²) in [7, 11) is 0. The van der Waals surface area contributed by atoms with Crippen molar-refractivity contribution in [3.05, 3.63) is 29.0 Å². The second-order valence-electron chi connectivity index (χ2n) is 2.71. The average Bonchev–Trinajstić information content (AvgIpc) is 2.71. The van der Waals surface area contributed by atoms with Gasteiger partial charge in [0.05, 0.1) is 16.5 Å². The Morgan fingerprint density at radius 1 is 1.62 bits per heavy atom. The largest absolute Gasteiger partial charge is 0.444 e. The van der Waals surface area contributed by atoms with E-state index in [1.54, 1.807) is 17.6 Å². The molecule has 0 spiro atoms. The van der Waals surface area contributed by atoms with Crippen molar-refractivity contribution >= 4 is 22.9 Å². The van der Waals surface area contributed by atoms with Gasteiger partial charge in [-0.1, -0.05) is 0 Å². The second-order valence-corrected chi connectivity index (χ2v) is 3.89. The number of thiophene rings is 1. The molecule has 0 fully saturated rings. The highest BCUT2D eigenvalue weighted by Gasteiger charge is 2.09. The number of alkyl halides is 1. The third-order valence-electron chi connectivity index (χ3n) is 1.74. The van der Waals surface area contributed by atoms with Crippen LogP contribution in [0.1, 0.15) is 11.3 Å². The Bertz CT molecular complexity index is 407. The molecule has 0 saturated heterocycles. The molecular formula is C9H8ClNOS. The molecule has 2 rings (SSSR count). The summed E-state index contributed by atoms with van der Waals surface area (Å²) >= 11 is 7.25. The van der Waals surface area contributed by atoms with Crippen LogP contribution in [0.3, 0.4) is 0 Å². The van der Waals surface area contributed by atoms with E-state index in [4.69, 9.17) is 16.0 Å². The third kappa shape index (κ3) is 1.62. The number of aryl methyl sites for hydroxylation is 1. The highest BCUT2D eigenvalue weighted by Crippen LogP contribution is 2.28. The summed E-state index contributed by atoms with van der Waals surface area (Å²) < 4.78 is 5.30. The maximum Gasteiger partial charge on any atom is 0.236 e. The fourth-order valence-electron chi connectivity index (χ4n) is 1.06. The van der Waals surface area contributed by atoms with Gasteiger partial charge in [0.25, 0.3) is 0 Å². The molecule has 0 aliphatic heterocycles. The fraction of sp³-hybridized carbons (Fsp3) is 0.222. The first-order valence-electron chi connectivity index (χ1n) is 3.86. The van der Waals surface area contributed by atoms with Crippen LogP contribution in [-0.4, -0.2) is 4.98 Å². The first-order chi connectivity index (χ1) is 6.31. The first kappa shape index (κ1) is 8.78. The van der Waals surface area contributed by atoms with Crippen LogP contribution in [0.15, 0.2) is 22.1 Å². The minimum absolute atomic E-state index is 0.397. The Labute approximate surface area is 85.2 Å². The molecule has 0 N–H and O–H groups in total. The van der Waals surface area contributed by atoms with Gasteiger partial charge in [-0.05, 0) is 23.9 Å². The smallest absolute Gasteiger partial charge is 0.236 e. The molecule has 0 saturated carbocycles. The highest BCUT2D eigenvalue weighted by molar-refractivity contribution is 7.13. The van der Waals surface area contributed by atoms with Crippen molar-refractivity contribution in [2.75, 3.05) is 0 Å². The van der Waals surface area contributed by atoms with Gasteiger partial charge in [0.2, 0.25) is 5.89 Å². The molecule has 2 nitrogen and oxygen atoms in total. The number of halogens is 1. The van der Waals surface area contributed by atoms with Gasteiger partial charge in [0.1, 0.15) is 6.26 Å². The summed E-state index contributed by atoms with van der Waals surface area (Å²) in [6.45, 7) is 2.04. The van der Waals surface area contributed by atoms with Gasteiger partial charge in [-0.15, -0.1) is 22.9 Å². The van der Waals surface area contributed by atoms with Gasteiger partial charge in [-0.25, -0.2) is 4.98 Å². The zero-order valence-electron chi connectivity index (χ0n) is 7.08. The average molecular weight is 214 g/mol. The van der Waals surface area contributed by atoms with E-state index in [9.17, 15) is 0 Å². The SMILES string of the molecule is Cc1ccsc1-c1nc(CCl)co1. The summed E-state index contributed by atoms with van der Waals surface area (Å²) in [6, 6.07) is 2.05. The lowest BCUT2D eigenvalue weighted by Crippen LogP contribution is -1.78. The third-order valence-corrected chi connectivity index (χ3v) is 3.02. The maximum atomic E-state index is 5.62. The molecule has 0 unspecified atom stereocenters. The van der Waals surface area contributed by atoms with Crippen molar-refractivity contribution < 1.29 is 4.42 Å². The van der Waals surface area contributed by atoms with Crippen LogP contribution < -0.4 is 0 Å². The predicted molar refractivity (Wildman–Crippen MR) is 54.1 cm³/mol. The monoisotopic (exact) mass is 213 g/mol. The van der Waals surface area contributed by atoms with Gasteiger partial charge < -0.3 is 4.42 Å². The van der Waals surface area contributed by atoms with E-state index in [2.05, 4.69) is 4.98 Å². The van der Waals surface area contributed by atoms with Crippen LogP contribution in [0.2, 0.25) is 0 Å². The van der Waals surface area contributed by atoms with E-state index in [-0.39, 0.29) is 0 Å². The van der Waals surface area contributed by atoms with Gasteiger partial charge >= 0.3 is 0 Å². The Morgan fingerprint density at radius 2 is 2.46 bits per heavy atom. The van der Waals surface area contributed by atoms with E-state index in [0.29, 0.717) is 11.8 Å². The number of oxazole rings is 1. The molecule has 2 heterocycles. The first-order valence-corrected chi connectivity index (χ1v) is 5.27. The van der Waals surface area contributed by atoms with E-state index >= 15 is 0 Å². The molecule has 2 aromatic rings. The van der Waals surface area contributed by atoms with Crippen molar-refractivity contribution in [1.82, 2.24) is 4.98 Å². The van der Waals surface area contributed by atoms with Gasteiger partial charge in [0, 0.05) is 0 Å². The lowest BCUT2D eigenvalue weighted by atomic mass is 10.3. The van der Waals surface area contributed by atoms with Crippen molar-refractivity contribution in [1.29, 1.82) is 0 Å². The highest BCUT2D eigenvalue weighted by atomic mass is 35.5. The summed E-state index contributed by atoms with van der Waals surface area (Å²) in [5.74, 6) is 1.07. The van der Waals surface area contributed by atoms with Crippen molar-refractivity contribution in [3.63, 3.8) is 0 Å². The van der Waals surface area contributed by atoms with E-state index < -0.39 is 0 Å². The molecule has 0 aliphatic carbocycles. The molecule has 0 aliphatic rings. The predicted octanol–water partition coefficient (Wildman–Crippen LogP) is 3.45. The molecule has 0 amide bonds. The quantitative estimate of drug-likeness (QED) is 0.715. The number of rotatable bonds is 2. The van der Waals surface area contributed by atoms with E-state index in [0.717, 1.165) is 10.6 Å². The molecule has 68 valence electrons. The number of hydrogen-bond acceptors (Lipinski definition) is 3. The maximum absolute atomic E-state index is 5.62. The van der Waals surface area contributed by atoms with Crippen molar-refractivity contribution in [2.45, 2.75) is 12.8 Å². The normalized spacial score (nSPS) is 10.6. The summed E-state index contributed by atoms with van der Waals surface area (Å²) in [4.78, 5) is 5.32. The summed E-state index contributed by atoms with van der Waals surface area (Å²) in [5.41, 5.74) is 1.97. The fourth-order valence-corrected chi connectivity index (χ4v) is 2.04. The Balaban J connectivity index is 2.41. The lowest BCUT2D eigenvalue weighted by molar-refractivity contribution is 0.574. The van der Waals surface area contributed by atoms with Gasteiger partial charge in [0.15, 0.2) is 0 Å². The Morgan fingerprint density at radius 3 is 3.00 bits per heavy atom. The molecule has 0 radical (unpaired) electrons. The van der Waals surface area contributed by atoms with Crippen molar-refractivity contribution in [2.24, 2.45) is 0 Å². The molecule has 0 aromatic carbocycles. The molecule has 2 aromatic heterocycles. The van der Waals surface area contributed by atoms with E-state index in [1.807, 2.05) is 18.4 Å². The number of nitrogens with zero attached hydrogens (tertiary/aromatic N) is 1. The number of aromatic nitrogens is 1. The summed E-state index contributed by atoms with van der Waals surface area (Å²) in [6.07, 6.45) is 1.60. The van der Waals surface area contributed by atoms with Crippen LogP contribution in [0, 0.1) is 6.92 Å². The molecule has 0 atom stereocenters. The van der Waals surface area contributed by atoms with Gasteiger partial charge in [-0.3, -0.25) is 0 Å². The van der Waals surface area contributed by atoms with Crippen LogP contribution >= 0.6 is 22.9 Å². The molecule has 0 bridgehead atoms. The van der Waals surface area contributed by atoms with Gasteiger partial charge in [-0.2, -0.15) is 0 Å². The standard InChI is InChI=1S/C9H8ClNOS/c1-6-2-3-13-8(6)9-11-7(4-10)5-12-9/h2-3,5H,4H2,1H3. The molecule has 4 heteroatoms. The van der Waals surface area contributed by atoms with E-state index in [1.165, 1.54) is 5.56 Å². The Kier molecular flexibility index (Phi) is 2.38. The minimum Gasteiger partial charge on any atom is -0.444 e. The van der Waals surface area contributed by atoms with Crippen LogP contribution in [0.4, 0.5) is 0 Å². The lowest BCUT2D eigenvalue weighted by Gasteiger charge is -1.90. The second kappa shape index (κ2) is 3.52. The zero-order chi connectivity index (χ0) is 9.26. The molecular weight excluding hydrogens is 206 g/mol. The van der Waals surface area contributed by atoms with Crippen molar-refractivity contribution in [3.8, 4) is 10.8 Å². The molecule has 13 heavy (non-hydrogen) atoms. The van der Waals surface area contributed by atoms with Crippen LogP contribution in [0.5, 0.6) is 0 Å². The minimum atomic E-state index is 0.397.